The number of imidazole rings is 1. The fourth-order valence-corrected chi connectivity index (χ4v) is 3.26. The summed E-state index contributed by atoms with van der Waals surface area (Å²) in [7, 11) is 0. The minimum atomic E-state index is 0.732. The molecule has 1 saturated carbocycles. The largest absolute Gasteiger partial charge is 0.329 e. The molecular formula is C12H14BrN3S. The van der Waals surface area contributed by atoms with Crippen LogP contribution in [0.1, 0.15) is 23.5 Å². The topological polar surface area (TPSA) is 29.9 Å². The highest BCUT2D eigenvalue weighted by atomic mass is 79.9. The molecular weight excluding hydrogens is 298 g/mol. The van der Waals surface area contributed by atoms with E-state index in [1.807, 2.05) is 6.20 Å². The second-order valence-corrected chi connectivity index (χ2v) is 6.88. The van der Waals surface area contributed by atoms with Gasteiger partial charge in [-0.25, -0.2) is 4.98 Å². The first-order valence-corrected chi connectivity index (χ1v) is 7.40. The van der Waals surface area contributed by atoms with E-state index in [1.54, 1.807) is 11.3 Å². The smallest absolute Gasteiger partial charge is 0.122 e. The molecule has 0 atom stereocenters. The lowest BCUT2D eigenvalue weighted by Gasteiger charge is -2.07. The fraction of sp³-hybridized carbons (Fsp3) is 0.417. The Kier molecular flexibility index (Phi) is 3.31. The van der Waals surface area contributed by atoms with Crippen molar-refractivity contribution in [3.8, 4) is 0 Å². The molecule has 2 aromatic heterocycles. The van der Waals surface area contributed by atoms with Crippen LogP contribution in [0.4, 0.5) is 0 Å². The van der Waals surface area contributed by atoms with Crippen LogP contribution < -0.4 is 5.32 Å². The average Bonchev–Trinajstić information content (AvgIpc) is 2.90. The molecule has 0 spiro atoms. The summed E-state index contributed by atoms with van der Waals surface area (Å²) in [5.74, 6) is 1.13. The molecule has 2 heterocycles. The second kappa shape index (κ2) is 4.92. The summed E-state index contributed by atoms with van der Waals surface area (Å²) in [6, 6.07) is 4.99. The van der Waals surface area contributed by atoms with Gasteiger partial charge < -0.3 is 9.88 Å². The zero-order valence-electron chi connectivity index (χ0n) is 9.40. The Morgan fingerprint density at radius 1 is 1.47 bits per heavy atom. The van der Waals surface area contributed by atoms with Crippen molar-refractivity contribution >= 4 is 27.3 Å². The van der Waals surface area contributed by atoms with Crippen LogP contribution in [0, 0.1) is 0 Å². The third kappa shape index (κ3) is 2.97. The minimum Gasteiger partial charge on any atom is -0.329 e. The molecule has 0 amide bonds. The highest BCUT2D eigenvalue weighted by Gasteiger charge is 2.20. The summed E-state index contributed by atoms with van der Waals surface area (Å²) in [6.45, 7) is 1.79. The molecule has 0 unspecified atom stereocenters. The van der Waals surface area contributed by atoms with Crippen molar-refractivity contribution in [2.24, 2.45) is 0 Å². The van der Waals surface area contributed by atoms with Crippen molar-refractivity contribution in [1.29, 1.82) is 0 Å². The molecule has 3 rings (SSSR count). The maximum absolute atomic E-state index is 4.41. The highest BCUT2D eigenvalue weighted by Crippen LogP contribution is 2.23. The number of nitrogens with one attached hydrogen (secondary N) is 1. The molecule has 0 aromatic carbocycles. The predicted molar refractivity (Wildman–Crippen MR) is 73.2 cm³/mol. The van der Waals surface area contributed by atoms with Crippen LogP contribution in [-0.2, 0) is 13.1 Å². The van der Waals surface area contributed by atoms with Gasteiger partial charge in [-0.15, -0.1) is 11.3 Å². The highest BCUT2D eigenvalue weighted by molar-refractivity contribution is 9.11. The normalized spacial score (nSPS) is 15.4. The van der Waals surface area contributed by atoms with Crippen LogP contribution in [0.3, 0.4) is 0 Å². The zero-order valence-corrected chi connectivity index (χ0v) is 11.8. The van der Waals surface area contributed by atoms with E-state index in [0.29, 0.717) is 0 Å². The maximum atomic E-state index is 4.41. The van der Waals surface area contributed by atoms with Crippen LogP contribution >= 0.6 is 27.3 Å². The summed E-state index contributed by atoms with van der Waals surface area (Å²) in [4.78, 5) is 5.76. The van der Waals surface area contributed by atoms with E-state index < -0.39 is 0 Å². The Morgan fingerprint density at radius 2 is 2.35 bits per heavy atom. The van der Waals surface area contributed by atoms with Gasteiger partial charge in [0.15, 0.2) is 0 Å². The van der Waals surface area contributed by atoms with Gasteiger partial charge in [-0.1, -0.05) is 0 Å². The Bertz CT molecular complexity index is 501. The van der Waals surface area contributed by atoms with E-state index in [4.69, 9.17) is 0 Å². The summed E-state index contributed by atoms with van der Waals surface area (Å²) in [5, 5.41) is 3.50. The summed E-state index contributed by atoms with van der Waals surface area (Å²) >= 11 is 5.27. The molecule has 3 nitrogen and oxygen atoms in total. The monoisotopic (exact) mass is 311 g/mol. The van der Waals surface area contributed by atoms with E-state index in [-0.39, 0.29) is 0 Å². The number of halogens is 1. The molecule has 5 heteroatoms. The molecule has 0 saturated heterocycles. The van der Waals surface area contributed by atoms with Crippen molar-refractivity contribution in [1.82, 2.24) is 14.9 Å². The van der Waals surface area contributed by atoms with Gasteiger partial charge in [-0.3, -0.25) is 0 Å². The standard InChI is InChI=1S/C12H14BrN3S/c13-11-4-3-10(17-11)8-16-6-5-14-12(16)7-15-9-1-2-9/h3-6,9,15H,1-2,7-8H2. The molecule has 17 heavy (non-hydrogen) atoms. The number of hydrogen-bond acceptors (Lipinski definition) is 3. The van der Waals surface area contributed by atoms with Crippen LogP contribution in [0.2, 0.25) is 0 Å². The number of hydrogen-bond donors (Lipinski definition) is 1. The van der Waals surface area contributed by atoms with Gasteiger partial charge in [0.1, 0.15) is 5.82 Å². The first-order chi connectivity index (χ1) is 8.31. The Hall–Kier alpha value is -0.650. The molecule has 0 aliphatic heterocycles. The molecule has 2 aromatic rings. The Balaban J connectivity index is 1.67. The van der Waals surface area contributed by atoms with Crippen molar-refractivity contribution in [3.05, 3.63) is 39.0 Å². The van der Waals surface area contributed by atoms with Crippen molar-refractivity contribution in [2.75, 3.05) is 0 Å². The van der Waals surface area contributed by atoms with Gasteiger partial charge in [0, 0.05) is 23.3 Å². The third-order valence-electron chi connectivity index (χ3n) is 2.88. The lowest BCUT2D eigenvalue weighted by molar-refractivity contribution is 0.620. The Morgan fingerprint density at radius 3 is 3.06 bits per heavy atom. The minimum absolute atomic E-state index is 0.732. The Labute approximate surface area is 113 Å². The molecule has 1 N–H and O–H groups in total. The number of aromatic nitrogens is 2. The zero-order chi connectivity index (χ0) is 11.7. The third-order valence-corrected chi connectivity index (χ3v) is 4.49. The molecule has 1 aliphatic rings. The molecule has 0 bridgehead atoms. The van der Waals surface area contributed by atoms with E-state index in [9.17, 15) is 0 Å². The van der Waals surface area contributed by atoms with E-state index in [0.717, 1.165) is 25.0 Å². The van der Waals surface area contributed by atoms with E-state index in [1.165, 1.54) is 21.5 Å². The van der Waals surface area contributed by atoms with Gasteiger partial charge in [0.25, 0.3) is 0 Å². The van der Waals surface area contributed by atoms with E-state index >= 15 is 0 Å². The molecule has 1 aliphatic carbocycles. The molecule has 0 radical (unpaired) electrons. The number of rotatable bonds is 5. The van der Waals surface area contributed by atoms with Crippen molar-refractivity contribution < 1.29 is 0 Å². The van der Waals surface area contributed by atoms with Crippen molar-refractivity contribution in [3.63, 3.8) is 0 Å². The van der Waals surface area contributed by atoms with Gasteiger partial charge in [-0.05, 0) is 40.9 Å². The second-order valence-electron chi connectivity index (χ2n) is 4.33. The summed E-state index contributed by atoms with van der Waals surface area (Å²) in [6.07, 6.45) is 6.57. The maximum Gasteiger partial charge on any atom is 0.122 e. The molecule has 1 fully saturated rings. The van der Waals surface area contributed by atoms with Gasteiger partial charge >= 0.3 is 0 Å². The van der Waals surface area contributed by atoms with E-state index in [2.05, 4.69) is 49.1 Å². The van der Waals surface area contributed by atoms with Crippen LogP contribution in [0.25, 0.3) is 0 Å². The van der Waals surface area contributed by atoms with Gasteiger partial charge in [-0.2, -0.15) is 0 Å². The fourth-order valence-electron chi connectivity index (χ4n) is 1.78. The van der Waals surface area contributed by atoms with Crippen LogP contribution in [0.15, 0.2) is 28.3 Å². The average molecular weight is 312 g/mol. The van der Waals surface area contributed by atoms with Gasteiger partial charge in [0.2, 0.25) is 0 Å². The SMILES string of the molecule is Brc1ccc(Cn2ccnc2CNC2CC2)s1. The predicted octanol–water partition coefficient (Wildman–Crippen LogP) is 3.01. The van der Waals surface area contributed by atoms with Gasteiger partial charge in [0.05, 0.1) is 16.9 Å². The van der Waals surface area contributed by atoms with Crippen molar-refractivity contribution in [2.45, 2.75) is 32.0 Å². The molecule has 90 valence electrons. The van der Waals surface area contributed by atoms with Crippen LogP contribution in [-0.4, -0.2) is 15.6 Å². The number of nitrogens with zero attached hydrogens (tertiary/aromatic N) is 2. The van der Waals surface area contributed by atoms with Crippen LogP contribution in [0.5, 0.6) is 0 Å². The lowest BCUT2D eigenvalue weighted by atomic mass is 10.4. The summed E-state index contributed by atoms with van der Waals surface area (Å²) < 4.78 is 3.40. The lowest BCUT2D eigenvalue weighted by Crippen LogP contribution is -2.18. The first kappa shape index (κ1) is 11.4. The number of thiophene rings is 1. The summed E-state index contributed by atoms with van der Waals surface area (Å²) in [5.41, 5.74) is 0. The first-order valence-electron chi connectivity index (χ1n) is 5.79. The quantitative estimate of drug-likeness (QED) is 0.920.